The van der Waals surface area contributed by atoms with Gasteiger partial charge in [-0.15, -0.1) is 0 Å². The van der Waals surface area contributed by atoms with Crippen molar-refractivity contribution in [3.8, 4) is 6.07 Å². The van der Waals surface area contributed by atoms with Gasteiger partial charge in [0.2, 0.25) is 0 Å². The molecule has 6 nitrogen and oxygen atoms in total. The summed E-state index contributed by atoms with van der Waals surface area (Å²) in [4.78, 5) is 18.5. The van der Waals surface area contributed by atoms with E-state index in [1.807, 2.05) is 50.2 Å². The first-order valence-electron chi connectivity index (χ1n) is 12.3. The number of hydrogen-bond donors (Lipinski definition) is 1. The van der Waals surface area contributed by atoms with E-state index in [0.29, 0.717) is 11.1 Å². The van der Waals surface area contributed by atoms with Crippen LogP contribution in [0.15, 0.2) is 36.4 Å². The van der Waals surface area contributed by atoms with Crippen molar-refractivity contribution in [1.29, 1.82) is 5.26 Å². The van der Waals surface area contributed by atoms with E-state index in [1.54, 1.807) is 4.90 Å². The monoisotopic (exact) mass is 499 g/mol. The Labute approximate surface area is 210 Å². The fourth-order valence-corrected chi connectivity index (χ4v) is 5.10. The highest BCUT2D eigenvalue weighted by molar-refractivity contribution is 5.97. The minimum absolute atomic E-state index is 0.134. The Morgan fingerprint density at radius 1 is 1.03 bits per heavy atom. The Balaban J connectivity index is 1.38. The quantitative estimate of drug-likeness (QED) is 0.653. The van der Waals surface area contributed by atoms with Crippen LogP contribution in [-0.4, -0.2) is 73.7 Å². The highest BCUT2D eigenvalue weighted by Crippen LogP contribution is 2.28. The van der Waals surface area contributed by atoms with E-state index in [1.165, 1.54) is 4.90 Å². The molecular weight excluding hydrogens is 467 g/mol. The van der Waals surface area contributed by atoms with Crippen LogP contribution in [0, 0.1) is 25.2 Å². The molecule has 1 N–H and O–H groups in total. The molecule has 36 heavy (non-hydrogen) atoms. The van der Waals surface area contributed by atoms with Gasteiger partial charge in [0, 0.05) is 56.6 Å². The van der Waals surface area contributed by atoms with Crippen LogP contribution in [0.2, 0.25) is 0 Å². The fraction of sp³-hybridized carbons (Fsp3) is 0.481. The SMILES string of the molecule is Cc1cc(C)c(C(=O)N2CCN(CC(F)(F)F)CC2)cc1NC1CCN(c2ccccc2C#N)CC1. The molecule has 2 saturated heterocycles. The van der Waals surface area contributed by atoms with Crippen LogP contribution in [-0.2, 0) is 0 Å². The molecule has 9 heteroatoms. The number of para-hydroxylation sites is 1. The molecule has 0 spiro atoms. The average molecular weight is 500 g/mol. The number of nitriles is 1. The number of rotatable bonds is 5. The normalized spacial score (nSPS) is 17.7. The maximum atomic E-state index is 13.3. The van der Waals surface area contributed by atoms with Gasteiger partial charge in [-0.1, -0.05) is 18.2 Å². The predicted molar refractivity (Wildman–Crippen MR) is 134 cm³/mol. The third-order valence-corrected chi connectivity index (χ3v) is 7.08. The smallest absolute Gasteiger partial charge is 0.382 e. The Morgan fingerprint density at radius 2 is 1.69 bits per heavy atom. The van der Waals surface area contributed by atoms with Gasteiger partial charge in [0.15, 0.2) is 0 Å². The lowest BCUT2D eigenvalue weighted by atomic mass is 9.99. The molecule has 0 radical (unpaired) electrons. The zero-order chi connectivity index (χ0) is 25.9. The average Bonchev–Trinajstić information content (AvgIpc) is 2.85. The Bertz CT molecular complexity index is 1130. The van der Waals surface area contributed by atoms with Crippen molar-refractivity contribution in [2.75, 3.05) is 56.0 Å². The molecule has 0 aromatic heterocycles. The molecular formula is C27H32F3N5O. The van der Waals surface area contributed by atoms with E-state index in [-0.39, 0.29) is 38.1 Å². The van der Waals surface area contributed by atoms with E-state index < -0.39 is 12.7 Å². The molecule has 2 aromatic carbocycles. The van der Waals surface area contributed by atoms with Crippen molar-refractivity contribution < 1.29 is 18.0 Å². The van der Waals surface area contributed by atoms with Crippen molar-refractivity contribution >= 4 is 17.3 Å². The molecule has 4 rings (SSSR count). The first kappa shape index (κ1) is 25.8. The van der Waals surface area contributed by atoms with Gasteiger partial charge in [0.1, 0.15) is 6.07 Å². The van der Waals surface area contributed by atoms with Gasteiger partial charge in [-0.2, -0.15) is 18.4 Å². The number of aryl methyl sites for hydroxylation is 2. The third-order valence-electron chi connectivity index (χ3n) is 7.08. The molecule has 0 bridgehead atoms. The summed E-state index contributed by atoms with van der Waals surface area (Å²) in [5, 5.41) is 13.0. The molecule has 2 aliphatic heterocycles. The molecule has 2 aromatic rings. The van der Waals surface area contributed by atoms with Gasteiger partial charge in [0.05, 0.1) is 17.8 Å². The molecule has 0 unspecified atom stereocenters. The van der Waals surface area contributed by atoms with Crippen molar-refractivity contribution in [3.63, 3.8) is 0 Å². The summed E-state index contributed by atoms with van der Waals surface area (Å²) in [7, 11) is 0. The first-order chi connectivity index (χ1) is 17.1. The number of alkyl halides is 3. The summed E-state index contributed by atoms with van der Waals surface area (Å²) in [6, 6.07) is 14.0. The number of nitrogens with one attached hydrogen (secondary N) is 1. The topological polar surface area (TPSA) is 62.6 Å². The number of piperidine rings is 1. The highest BCUT2D eigenvalue weighted by atomic mass is 19.4. The van der Waals surface area contributed by atoms with Crippen LogP contribution >= 0.6 is 0 Å². The zero-order valence-corrected chi connectivity index (χ0v) is 20.7. The summed E-state index contributed by atoms with van der Waals surface area (Å²) >= 11 is 0. The van der Waals surface area contributed by atoms with Crippen LogP contribution < -0.4 is 10.2 Å². The van der Waals surface area contributed by atoms with E-state index in [0.717, 1.165) is 48.4 Å². The second kappa shape index (κ2) is 10.8. The maximum absolute atomic E-state index is 13.3. The zero-order valence-electron chi connectivity index (χ0n) is 20.7. The molecule has 192 valence electrons. The third kappa shape index (κ3) is 6.11. The van der Waals surface area contributed by atoms with Crippen LogP contribution in [0.5, 0.6) is 0 Å². The minimum Gasteiger partial charge on any atom is -0.382 e. The fourth-order valence-electron chi connectivity index (χ4n) is 5.10. The summed E-state index contributed by atoms with van der Waals surface area (Å²) in [5.41, 5.74) is 5.07. The van der Waals surface area contributed by atoms with Crippen LogP contribution in [0.4, 0.5) is 24.5 Å². The Kier molecular flexibility index (Phi) is 7.74. The molecule has 2 aliphatic rings. The summed E-state index contributed by atoms with van der Waals surface area (Å²) in [6.45, 7) is 5.63. The van der Waals surface area contributed by atoms with Gasteiger partial charge in [-0.25, -0.2) is 0 Å². The summed E-state index contributed by atoms with van der Waals surface area (Å²) < 4.78 is 38.1. The van der Waals surface area contributed by atoms with Crippen molar-refractivity contribution in [1.82, 2.24) is 9.80 Å². The number of anilines is 2. The molecule has 2 fully saturated rings. The number of piperazine rings is 1. The molecule has 0 saturated carbocycles. The second-order valence-corrected chi connectivity index (χ2v) is 9.70. The van der Waals surface area contributed by atoms with Crippen molar-refractivity contribution in [2.24, 2.45) is 0 Å². The number of carbonyl (C=O) groups excluding carboxylic acids is 1. The summed E-state index contributed by atoms with van der Waals surface area (Å²) in [6.07, 6.45) is -2.43. The molecule has 0 atom stereocenters. The van der Waals surface area contributed by atoms with Crippen LogP contribution in [0.25, 0.3) is 0 Å². The highest BCUT2D eigenvalue weighted by Gasteiger charge is 2.33. The van der Waals surface area contributed by atoms with Gasteiger partial charge >= 0.3 is 6.18 Å². The lowest BCUT2D eigenvalue weighted by Gasteiger charge is -2.36. The minimum atomic E-state index is -4.23. The lowest BCUT2D eigenvalue weighted by molar-refractivity contribution is -0.148. The van der Waals surface area contributed by atoms with E-state index in [2.05, 4.69) is 16.3 Å². The van der Waals surface area contributed by atoms with Crippen LogP contribution in [0.1, 0.15) is 39.9 Å². The van der Waals surface area contributed by atoms with Crippen molar-refractivity contribution in [2.45, 2.75) is 38.9 Å². The largest absolute Gasteiger partial charge is 0.401 e. The number of benzene rings is 2. The number of halogens is 3. The first-order valence-corrected chi connectivity index (χ1v) is 12.3. The number of nitrogens with zero attached hydrogens (tertiary/aromatic N) is 4. The molecule has 2 heterocycles. The number of carbonyl (C=O) groups is 1. The van der Waals surface area contributed by atoms with Gasteiger partial charge < -0.3 is 15.1 Å². The summed E-state index contributed by atoms with van der Waals surface area (Å²) in [5.74, 6) is -0.134. The Morgan fingerprint density at radius 3 is 2.33 bits per heavy atom. The van der Waals surface area contributed by atoms with E-state index >= 15 is 0 Å². The van der Waals surface area contributed by atoms with E-state index in [9.17, 15) is 23.2 Å². The van der Waals surface area contributed by atoms with Crippen molar-refractivity contribution in [3.05, 3.63) is 58.7 Å². The lowest BCUT2D eigenvalue weighted by Crippen LogP contribution is -2.51. The molecule has 1 amide bonds. The number of amides is 1. The van der Waals surface area contributed by atoms with Gasteiger partial charge in [0.25, 0.3) is 5.91 Å². The molecule has 0 aliphatic carbocycles. The maximum Gasteiger partial charge on any atom is 0.401 e. The van der Waals surface area contributed by atoms with Crippen LogP contribution in [0.3, 0.4) is 0 Å². The Hall–Kier alpha value is -3.25. The number of hydrogen-bond acceptors (Lipinski definition) is 5. The van der Waals surface area contributed by atoms with Gasteiger partial charge in [-0.05, 0) is 56.0 Å². The standard InChI is InChI=1S/C27H32F3N5O/c1-19-15-20(2)24(16-23(19)26(36)35-13-11-33(12-14-35)18-27(28,29)30)32-22-7-9-34(10-8-22)25-6-4-3-5-21(25)17-31/h3-6,15-16,22,32H,7-14,18H2,1-2H3. The van der Waals surface area contributed by atoms with E-state index in [4.69, 9.17) is 0 Å². The second-order valence-electron chi connectivity index (χ2n) is 9.70. The van der Waals surface area contributed by atoms with Gasteiger partial charge in [-0.3, -0.25) is 9.69 Å². The predicted octanol–water partition coefficient (Wildman–Crippen LogP) is 4.58.